The van der Waals surface area contributed by atoms with Crippen LogP contribution >= 0.6 is 0 Å². The van der Waals surface area contributed by atoms with Crippen molar-refractivity contribution in [3.63, 3.8) is 0 Å². The number of nitrogens with one attached hydrogen (secondary N) is 10. The van der Waals surface area contributed by atoms with Gasteiger partial charge in [-0.25, -0.2) is 4.79 Å². The Labute approximate surface area is 532 Å². The predicted molar refractivity (Wildman–Crippen MR) is 332 cm³/mol. The van der Waals surface area contributed by atoms with E-state index in [2.05, 4.69) is 63.2 Å². The van der Waals surface area contributed by atoms with Gasteiger partial charge in [0.1, 0.15) is 60.4 Å². The van der Waals surface area contributed by atoms with Crippen LogP contribution < -0.4 is 81.8 Å². The van der Waals surface area contributed by atoms with Gasteiger partial charge in [0.05, 0.1) is 18.8 Å². The van der Waals surface area contributed by atoms with Crippen molar-refractivity contribution in [2.45, 2.75) is 192 Å². The molecule has 0 aromatic heterocycles. The molecule has 0 aliphatic rings. The summed E-state index contributed by atoms with van der Waals surface area (Å²) >= 11 is 0. The van der Waals surface area contributed by atoms with Gasteiger partial charge in [-0.2, -0.15) is 0 Å². The molecule has 516 valence electrons. The zero-order chi connectivity index (χ0) is 70.1. The molecule has 10 amide bonds. The third-order valence-electron chi connectivity index (χ3n) is 13.9. The molecule has 12 unspecified atom stereocenters. The number of nitrogens with zero attached hydrogens (tertiary/aromatic N) is 2. The number of carboxylic acid groups (broad SMARTS) is 3. The van der Waals surface area contributed by atoms with Gasteiger partial charge in [0.15, 0.2) is 11.9 Å². The first-order valence-corrected chi connectivity index (χ1v) is 29.9. The van der Waals surface area contributed by atoms with E-state index in [-0.39, 0.29) is 75.4 Å². The Kier molecular flexibility index (Phi) is 36.2. The molecule has 1 aromatic carbocycles. The minimum Gasteiger partial charge on any atom is -0.481 e. The van der Waals surface area contributed by atoms with Crippen LogP contribution in [0.5, 0.6) is 0 Å². The fourth-order valence-corrected chi connectivity index (χ4v) is 8.60. The second-order valence-corrected chi connectivity index (χ2v) is 23.0. The van der Waals surface area contributed by atoms with Crippen molar-refractivity contribution in [2.75, 3.05) is 19.7 Å². The summed E-state index contributed by atoms with van der Waals surface area (Å²) < 4.78 is 0. The quantitative estimate of drug-likeness (QED) is 0.0164. The van der Waals surface area contributed by atoms with Gasteiger partial charge in [-0.1, -0.05) is 71.9 Å². The van der Waals surface area contributed by atoms with E-state index in [9.17, 15) is 82.8 Å². The third-order valence-corrected chi connectivity index (χ3v) is 13.9. The van der Waals surface area contributed by atoms with E-state index in [0.29, 0.717) is 5.56 Å². The van der Waals surface area contributed by atoms with Gasteiger partial charge in [-0.05, 0) is 82.1 Å². The number of rotatable bonds is 43. The molecule has 0 aliphatic heterocycles. The number of nitrogens with two attached hydrogens (primary N) is 5. The van der Waals surface area contributed by atoms with E-state index in [1.165, 1.54) is 20.8 Å². The zero-order valence-electron chi connectivity index (χ0n) is 53.1. The van der Waals surface area contributed by atoms with E-state index in [1.54, 1.807) is 58.0 Å². The van der Waals surface area contributed by atoms with Crippen molar-refractivity contribution in [1.82, 2.24) is 53.2 Å². The zero-order valence-corrected chi connectivity index (χ0v) is 53.1. The normalized spacial score (nSPS) is 15.0. The molecule has 12 atom stereocenters. The summed E-state index contributed by atoms with van der Waals surface area (Å²) in [5.41, 5.74) is 28.5. The maximum Gasteiger partial charge on any atom is 0.326 e. The summed E-state index contributed by atoms with van der Waals surface area (Å²) in [5, 5.41) is 73.6. The fourth-order valence-electron chi connectivity index (χ4n) is 8.60. The maximum absolute atomic E-state index is 14.3. The highest BCUT2D eigenvalue weighted by atomic mass is 16.4. The minimum absolute atomic E-state index is 0.0239. The molecule has 0 aliphatic carbocycles. The van der Waals surface area contributed by atoms with Crippen LogP contribution in [0, 0.1) is 17.8 Å². The molecule has 35 nitrogen and oxygen atoms in total. The largest absolute Gasteiger partial charge is 0.481 e. The van der Waals surface area contributed by atoms with E-state index in [4.69, 9.17) is 33.8 Å². The first-order chi connectivity index (χ1) is 43.0. The van der Waals surface area contributed by atoms with Crippen molar-refractivity contribution in [2.24, 2.45) is 56.4 Å². The average Bonchev–Trinajstić information content (AvgIpc) is 1.39. The van der Waals surface area contributed by atoms with Crippen LogP contribution in [0.15, 0.2) is 40.3 Å². The van der Waals surface area contributed by atoms with Crippen LogP contribution in [-0.4, -0.2) is 207 Å². The lowest BCUT2D eigenvalue weighted by molar-refractivity contribution is -0.143. The highest BCUT2D eigenvalue weighted by molar-refractivity contribution is 5.99. The molecule has 0 fully saturated rings. The van der Waals surface area contributed by atoms with Crippen molar-refractivity contribution < 1.29 is 87.9 Å². The fraction of sp³-hybridized carbons (Fsp3) is 0.632. The summed E-state index contributed by atoms with van der Waals surface area (Å²) in [6.45, 7) is 10.9. The van der Waals surface area contributed by atoms with Crippen molar-refractivity contribution in [3.05, 3.63) is 35.9 Å². The number of aliphatic imine (C=N–C) groups is 2. The monoisotopic (exact) mass is 1310 g/mol. The number of guanidine groups is 2. The molecule has 25 N–H and O–H groups in total. The number of aliphatic hydroxyl groups is 2. The molecule has 1 aromatic rings. The second-order valence-electron chi connectivity index (χ2n) is 23.0. The summed E-state index contributed by atoms with van der Waals surface area (Å²) in [7, 11) is 0. The first kappa shape index (κ1) is 80.8. The number of carbonyl (C=O) groups is 13. The Bertz CT molecular complexity index is 2730. The Morgan fingerprint density at radius 3 is 1.29 bits per heavy atom. The molecule has 0 saturated carbocycles. The number of amides is 10. The third kappa shape index (κ3) is 31.0. The summed E-state index contributed by atoms with van der Waals surface area (Å²) in [6, 6.07) is -8.37. The lowest BCUT2D eigenvalue weighted by atomic mass is 9.99. The van der Waals surface area contributed by atoms with Gasteiger partial charge in [0, 0.05) is 32.4 Å². The number of benzene rings is 1. The Morgan fingerprint density at radius 1 is 0.446 bits per heavy atom. The molecule has 0 bridgehead atoms. The lowest BCUT2D eigenvalue weighted by Crippen LogP contribution is -2.62. The number of carboxylic acids is 3. The molecule has 0 saturated heterocycles. The summed E-state index contributed by atoms with van der Waals surface area (Å²) in [5.74, 6) is -16.5. The van der Waals surface area contributed by atoms with Crippen molar-refractivity contribution in [1.29, 1.82) is 0 Å². The number of aliphatic carboxylic acids is 3. The molecule has 0 spiro atoms. The number of carbonyl (C=O) groups excluding carboxylic acids is 10. The van der Waals surface area contributed by atoms with Crippen LogP contribution in [0.4, 0.5) is 0 Å². The van der Waals surface area contributed by atoms with Crippen molar-refractivity contribution >= 4 is 88.9 Å². The second kappa shape index (κ2) is 41.2. The topological polar surface area (TPSA) is 598 Å². The molecule has 1 rings (SSSR count). The van der Waals surface area contributed by atoms with Crippen LogP contribution in [0.25, 0.3) is 0 Å². The maximum atomic E-state index is 14.3. The Balaban J connectivity index is 3.56. The first-order valence-electron chi connectivity index (χ1n) is 29.9. The number of aliphatic hydroxyl groups excluding tert-OH is 2. The van der Waals surface area contributed by atoms with E-state index < -0.39 is 188 Å². The Morgan fingerprint density at radius 2 is 0.837 bits per heavy atom. The van der Waals surface area contributed by atoms with Gasteiger partial charge in [0.25, 0.3) is 0 Å². The van der Waals surface area contributed by atoms with Crippen LogP contribution in [0.2, 0.25) is 0 Å². The van der Waals surface area contributed by atoms with Gasteiger partial charge in [0.2, 0.25) is 59.1 Å². The molecular formula is C57H95N17O18. The lowest BCUT2D eigenvalue weighted by Gasteiger charge is -2.30. The smallest absolute Gasteiger partial charge is 0.326 e. The van der Waals surface area contributed by atoms with E-state index in [0.717, 1.165) is 6.92 Å². The van der Waals surface area contributed by atoms with Gasteiger partial charge < -0.3 is 107 Å². The average molecular weight is 1310 g/mol. The molecular weight excluding hydrogens is 1210 g/mol. The molecule has 92 heavy (non-hydrogen) atoms. The molecule has 0 radical (unpaired) electrons. The van der Waals surface area contributed by atoms with Crippen LogP contribution in [-0.2, 0) is 68.7 Å². The van der Waals surface area contributed by atoms with Gasteiger partial charge >= 0.3 is 17.9 Å². The standard InChI is InChI=1S/C57H95N17O18/c1-27(2)24-37(70-47(83)34(17-13-23-64-57(61)62)66-51(87)39(26-75)72-50(86)38(25-32-14-10-9-11-15-32)71-52(88)42(58)28(3)4)49(85)67-35(18-20-40(77)78)48(84)73-43(29(5)6)53(89)74-44(31(8)76)54(90)68-33(16-12-22-63-56(59)60)46(82)65-30(7)45(81)69-36(55(91)92)19-21-41(79)80/h9-11,14-15,27-31,33-39,42-44,75-76H,12-13,16-26,58H2,1-8H3,(H,65,82)(H,66,87)(H,67,85)(H,68,90)(H,69,81)(H,70,83)(H,71,88)(H,72,86)(H,73,84)(H,74,89)(H,77,78)(H,79,80)(H,91,92)(H4,59,60,63)(H4,61,62,64). The highest BCUT2D eigenvalue weighted by Crippen LogP contribution is 2.13. The van der Waals surface area contributed by atoms with Crippen LogP contribution in [0.3, 0.4) is 0 Å². The van der Waals surface area contributed by atoms with Crippen LogP contribution in [0.1, 0.15) is 119 Å². The minimum atomic E-state index is -1.87. The van der Waals surface area contributed by atoms with E-state index >= 15 is 0 Å². The van der Waals surface area contributed by atoms with Crippen molar-refractivity contribution in [3.8, 4) is 0 Å². The number of hydrogen-bond donors (Lipinski definition) is 20. The highest BCUT2D eigenvalue weighted by Gasteiger charge is 2.38. The van der Waals surface area contributed by atoms with Gasteiger partial charge in [-0.15, -0.1) is 0 Å². The number of hydrogen-bond acceptors (Lipinski definition) is 18. The Hall–Kier alpha value is -9.25. The summed E-state index contributed by atoms with van der Waals surface area (Å²) in [6.07, 6.45) is -4.67. The van der Waals surface area contributed by atoms with Gasteiger partial charge in [-0.3, -0.25) is 67.5 Å². The molecule has 0 heterocycles. The van der Waals surface area contributed by atoms with E-state index in [1.807, 2.05) is 0 Å². The SMILES string of the molecule is CC(C)CC(NC(=O)C(CCCN=C(N)N)NC(=O)C(CO)NC(=O)C(Cc1ccccc1)NC(=O)C(N)C(C)C)C(=O)NC(CCC(=O)O)C(=O)NC(C(=O)NC(C(=O)NC(CCCN=C(N)N)C(=O)NC(C)C(=O)NC(CCC(=O)O)C(=O)O)C(C)O)C(C)C. The summed E-state index contributed by atoms with van der Waals surface area (Å²) in [4.78, 5) is 181. The predicted octanol–water partition coefficient (Wildman–Crippen LogP) is -5.92. The molecule has 35 heteroatoms.